The maximum atomic E-state index is 12.6. The smallest absolute Gasteiger partial charge is 0.313 e. The first-order chi connectivity index (χ1) is 16.9. The van der Waals surface area contributed by atoms with Crippen LogP contribution < -0.4 is 9.47 Å². The molecule has 1 aliphatic rings. The Bertz CT molecular complexity index is 1350. The van der Waals surface area contributed by atoms with Gasteiger partial charge in [-0.3, -0.25) is 29.4 Å². The SMILES string of the molecule is COc1cc(C=Cc2ccccc2)ccc1OC(=O)CCN1C(=O)c2cccc([N+](=O)[O-])c2C1=O. The average Bonchev–Trinajstić information content (AvgIpc) is 3.12. The molecular weight excluding hydrogens is 452 g/mol. The molecule has 0 N–H and O–H groups in total. The van der Waals surface area contributed by atoms with Crippen LogP contribution in [0.1, 0.15) is 38.3 Å². The highest BCUT2D eigenvalue weighted by atomic mass is 16.6. The summed E-state index contributed by atoms with van der Waals surface area (Å²) in [7, 11) is 1.45. The van der Waals surface area contributed by atoms with E-state index in [9.17, 15) is 24.5 Å². The fourth-order valence-corrected chi connectivity index (χ4v) is 3.68. The summed E-state index contributed by atoms with van der Waals surface area (Å²) in [6.45, 7) is -0.275. The molecule has 4 rings (SSSR count). The van der Waals surface area contributed by atoms with E-state index >= 15 is 0 Å². The fraction of sp³-hybridized carbons (Fsp3) is 0.115. The Hall–Kier alpha value is -4.79. The van der Waals surface area contributed by atoms with Crippen molar-refractivity contribution in [3.63, 3.8) is 0 Å². The van der Waals surface area contributed by atoms with Gasteiger partial charge in [0.15, 0.2) is 11.5 Å². The molecule has 9 heteroatoms. The number of nitro groups is 1. The van der Waals surface area contributed by atoms with E-state index in [2.05, 4.69) is 0 Å². The Morgan fingerprint density at radius 3 is 2.40 bits per heavy atom. The molecule has 0 aromatic heterocycles. The van der Waals surface area contributed by atoms with E-state index in [1.165, 1.54) is 19.2 Å². The summed E-state index contributed by atoms with van der Waals surface area (Å²) in [4.78, 5) is 48.9. The summed E-state index contributed by atoms with van der Waals surface area (Å²) in [5.41, 5.74) is 1.09. The van der Waals surface area contributed by atoms with Gasteiger partial charge in [0.25, 0.3) is 17.5 Å². The molecule has 0 bridgehead atoms. The molecule has 2 amide bonds. The summed E-state index contributed by atoms with van der Waals surface area (Å²) in [5.74, 6) is -1.66. The van der Waals surface area contributed by atoms with E-state index in [1.54, 1.807) is 18.2 Å². The van der Waals surface area contributed by atoms with Crippen molar-refractivity contribution in [2.75, 3.05) is 13.7 Å². The van der Waals surface area contributed by atoms with E-state index in [4.69, 9.17) is 9.47 Å². The quantitative estimate of drug-likeness (QED) is 0.119. The standard InChI is InChI=1S/C26H20N2O7/c1-34-22-16-18(11-10-17-6-3-2-4-7-17)12-13-21(22)35-23(29)14-15-27-25(30)19-8-5-9-20(28(32)33)24(19)26(27)31/h2-13,16H,14-15H2,1H3. The van der Waals surface area contributed by atoms with Crippen molar-refractivity contribution in [1.82, 2.24) is 4.90 Å². The molecule has 0 unspecified atom stereocenters. The summed E-state index contributed by atoms with van der Waals surface area (Å²) in [6.07, 6.45) is 3.54. The van der Waals surface area contributed by atoms with Gasteiger partial charge in [0, 0.05) is 12.6 Å². The van der Waals surface area contributed by atoms with Gasteiger partial charge in [-0.2, -0.15) is 0 Å². The van der Waals surface area contributed by atoms with E-state index < -0.39 is 28.4 Å². The van der Waals surface area contributed by atoms with Crippen LogP contribution in [0.25, 0.3) is 12.2 Å². The lowest BCUT2D eigenvalue weighted by molar-refractivity contribution is -0.385. The van der Waals surface area contributed by atoms with Gasteiger partial charge in [0.05, 0.1) is 24.0 Å². The first-order valence-electron chi connectivity index (χ1n) is 10.6. The average molecular weight is 472 g/mol. The van der Waals surface area contributed by atoms with Gasteiger partial charge in [0.1, 0.15) is 5.56 Å². The minimum absolute atomic E-state index is 0.0571. The third-order valence-electron chi connectivity index (χ3n) is 5.39. The molecular formula is C26H20N2O7. The summed E-state index contributed by atoms with van der Waals surface area (Å²) in [6, 6.07) is 18.6. The van der Waals surface area contributed by atoms with E-state index in [0.29, 0.717) is 5.75 Å². The van der Waals surface area contributed by atoms with E-state index in [0.717, 1.165) is 22.1 Å². The minimum atomic E-state index is -0.808. The molecule has 0 fully saturated rings. The number of fused-ring (bicyclic) bond motifs is 1. The first kappa shape index (κ1) is 23.4. The number of nitrogens with zero attached hydrogens (tertiary/aromatic N) is 2. The normalized spacial score (nSPS) is 12.7. The van der Waals surface area contributed by atoms with Crippen molar-refractivity contribution in [3.05, 3.63) is 99.1 Å². The molecule has 1 aliphatic heterocycles. The lowest BCUT2D eigenvalue weighted by Crippen LogP contribution is -2.32. The van der Waals surface area contributed by atoms with Crippen molar-refractivity contribution in [3.8, 4) is 11.5 Å². The monoisotopic (exact) mass is 472 g/mol. The Morgan fingerprint density at radius 2 is 1.69 bits per heavy atom. The molecule has 0 saturated carbocycles. The Kier molecular flexibility index (Phi) is 6.68. The highest BCUT2D eigenvalue weighted by Crippen LogP contribution is 2.32. The minimum Gasteiger partial charge on any atom is -0.493 e. The largest absolute Gasteiger partial charge is 0.493 e. The van der Waals surface area contributed by atoms with Crippen molar-refractivity contribution in [2.24, 2.45) is 0 Å². The zero-order valence-electron chi connectivity index (χ0n) is 18.7. The number of esters is 1. The van der Waals surface area contributed by atoms with Gasteiger partial charge in [0.2, 0.25) is 0 Å². The second-order valence-corrected chi connectivity index (χ2v) is 7.60. The molecule has 0 spiro atoms. The van der Waals surface area contributed by atoms with Crippen LogP contribution in [0.4, 0.5) is 5.69 Å². The van der Waals surface area contributed by atoms with E-state index in [-0.39, 0.29) is 29.8 Å². The number of carbonyl (C=O) groups excluding carboxylic acids is 3. The van der Waals surface area contributed by atoms with Crippen molar-refractivity contribution < 1.29 is 28.8 Å². The van der Waals surface area contributed by atoms with Gasteiger partial charge in [-0.1, -0.05) is 54.6 Å². The van der Waals surface area contributed by atoms with Gasteiger partial charge < -0.3 is 9.47 Å². The second-order valence-electron chi connectivity index (χ2n) is 7.60. The van der Waals surface area contributed by atoms with Crippen LogP contribution in [0, 0.1) is 10.1 Å². The lowest BCUT2D eigenvalue weighted by Gasteiger charge is -2.14. The Morgan fingerprint density at radius 1 is 0.943 bits per heavy atom. The number of hydrogen-bond donors (Lipinski definition) is 0. The number of methoxy groups -OCH3 is 1. The number of amides is 2. The maximum Gasteiger partial charge on any atom is 0.313 e. The van der Waals surface area contributed by atoms with Crippen LogP contribution in [0.15, 0.2) is 66.7 Å². The predicted octanol–water partition coefficient (Wildman–Crippen LogP) is 4.37. The molecule has 0 radical (unpaired) electrons. The van der Waals surface area contributed by atoms with Crippen molar-refractivity contribution in [2.45, 2.75) is 6.42 Å². The third kappa shape index (κ3) is 4.93. The molecule has 9 nitrogen and oxygen atoms in total. The molecule has 0 atom stereocenters. The third-order valence-corrected chi connectivity index (χ3v) is 5.39. The van der Waals surface area contributed by atoms with Gasteiger partial charge in [-0.15, -0.1) is 0 Å². The lowest BCUT2D eigenvalue weighted by atomic mass is 10.1. The number of imide groups is 1. The van der Waals surface area contributed by atoms with Crippen molar-refractivity contribution >= 4 is 35.6 Å². The summed E-state index contributed by atoms with van der Waals surface area (Å²) >= 11 is 0. The van der Waals surface area contributed by atoms with Crippen LogP contribution in [-0.4, -0.2) is 41.3 Å². The topological polar surface area (TPSA) is 116 Å². The number of benzene rings is 3. The number of ether oxygens (including phenoxy) is 2. The molecule has 0 aliphatic carbocycles. The van der Waals surface area contributed by atoms with Crippen LogP contribution >= 0.6 is 0 Å². The summed E-state index contributed by atoms with van der Waals surface area (Å²) in [5, 5.41) is 11.2. The zero-order valence-corrected chi connectivity index (χ0v) is 18.7. The fourth-order valence-electron chi connectivity index (χ4n) is 3.68. The number of nitro benzene ring substituents is 1. The van der Waals surface area contributed by atoms with Gasteiger partial charge >= 0.3 is 5.97 Å². The Balaban J connectivity index is 1.41. The van der Waals surface area contributed by atoms with Gasteiger partial charge in [-0.25, -0.2) is 0 Å². The van der Waals surface area contributed by atoms with Crippen LogP contribution in [0.5, 0.6) is 11.5 Å². The molecule has 0 saturated heterocycles. The Labute approximate surface area is 200 Å². The molecule has 3 aromatic rings. The highest BCUT2D eigenvalue weighted by molar-refractivity contribution is 6.23. The van der Waals surface area contributed by atoms with Crippen LogP contribution in [0.3, 0.4) is 0 Å². The number of carbonyl (C=O) groups is 3. The van der Waals surface area contributed by atoms with Crippen LogP contribution in [0.2, 0.25) is 0 Å². The van der Waals surface area contributed by atoms with Crippen molar-refractivity contribution in [1.29, 1.82) is 0 Å². The predicted molar refractivity (Wildman–Crippen MR) is 127 cm³/mol. The second kappa shape index (κ2) is 10.0. The molecule has 1 heterocycles. The molecule has 176 valence electrons. The number of rotatable bonds is 8. The summed E-state index contributed by atoms with van der Waals surface area (Å²) < 4.78 is 10.7. The highest BCUT2D eigenvalue weighted by Gasteiger charge is 2.40. The van der Waals surface area contributed by atoms with E-state index in [1.807, 2.05) is 42.5 Å². The zero-order chi connectivity index (χ0) is 24.9. The van der Waals surface area contributed by atoms with Gasteiger partial charge in [-0.05, 0) is 29.3 Å². The first-order valence-corrected chi connectivity index (χ1v) is 10.6. The number of hydrogen-bond acceptors (Lipinski definition) is 7. The van der Waals surface area contributed by atoms with Crippen LogP contribution in [-0.2, 0) is 4.79 Å². The molecule has 35 heavy (non-hydrogen) atoms. The molecule has 3 aromatic carbocycles. The maximum absolute atomic E-state index is 12.6.